The van der Waals surface area contributed by atoms with Crippen molar-refractivity contribution in [1.29, 1.82) is 0 Å². The highest BCUT2D eigenvalue weighted by Crippen LogP contribution is 2.30. The number of fused-ring (bicyclic) bond motifs is 1. The van der Waals surface area contributed by atoms with E-state index in [-0.39, 0.29) is 0 Å². The highest BCUT2D eigenvalue weighted by atomic mass is 32.1. The van der Waals surface area contributed by atoms with Crippen molar-refractivity contribution in [3.63, 3.8) is 0 Å². The molecule has 0 radical (unpaired) electrons. The van der Waals surface area contributed by atoms with Gasteiger partial charge in [-0.3, -0.25) is 4.98 Å². The minimum Gasteiger partial charge on any atom is -0.369 e. The lowest BCUT2D eigenvalue weighted by atomic mass is 10.1. The molecule has 0 saturated heterocycles. The second-order valence-corrected chi connectivity index (χ2v) is 7.37. The van der Waals surface area contributed by atoms with Gasteiger partial charge in [-0.25, -0.2) is 9.97 Å². The van der Waals surface area contributed by atoms with E-state index in [4.69, 9.17) is 0 Å². The van der Waals surface area contributed by atoms with Gasteiger partial charge in [-0.1, -0.05) is 18.2 Å². The number of hydrogen-bond donors (Lipinski definition) is 1. The average Bonchev–Trinajstić information content (AvgIpc) is 3.20. The summed E-state index contributed by atoms with van der Waals surface area (Å²) in [7, 11) is 0. The number of hydrogen-bond acceptors (Lipinski definition) is 5. The molecule has 0 atom stereocenters. The first kappa shape index (κ1) is 19.3. The highest BCUT2D eigenvalue weighted by Gasteiger charge is 2.29. The van der Waals surface area contributed by atoms with Gasteiger partial charge >= 0.3 is 6.18 Å². The van der Waals surface area contributed by atoms with Crippen LogP contribution < -0.4 is 5.32 Å². The second kappa shape index (κ2) is 8.16. The van der Waals surface area contributed by atoms with Crippen molar-refractivity contribution >= 4 is 27.4 Å². The predicted octanol–water partition coefficient (Wildman–Crippen LogP) is 5.82. The summed E-state index contributed by atoms with van der Waals surface area (Å²) in [5.41, 5.74) is 0.954. The van der Waals surface area contributed by atoms with E-state index in [1.165, 1.54) is 23.5 Å². The standard InChI is InChI=1S/C21H17F3N4S/c22-21(23,24)15-8-6-14(7-9-15)4-3-12-26-18-16-10-13-29-20(16)28-19(27-18)17-5-1-2-11-25-17/h1-2,5-11,13H,3-4,12H2,(H,26,27,28). The van der Waals surface area contributed by atoms with Gasteiger partial charge in [0, 0.05) is 12.7 Å². The summed E-state index contributed by atoms with van der Waals surface area (Å²) in [5, 5.41) is 6.25. The Morgan fingerprint density at radius 1 is 0.966 bits per heavy atom. The van der Waals surface area contributed by atoms with Crippen LogP contribution in [0, 0.1) is 0 Å². The van der Waals surface area contributed by atoms with Crippen LogP contribution >= 0.6 is 11.3 Å². The molecular formula is C21H17F3N4S. The summed E-state index contributed by atoms with van der Waals surface area (Å²) >= 11 is 1.54. The predicted molar refractivity (Wildman–Crippen MR) is 109 cm³/mol. The number of aromatic nitrogens is 3. The first-order valence-electron chi connectivity index (χ1n) is 9.07. The zero-order valence-corrected chi connectivity index (χ0v) is 16.1. The van der Waals surface area contributed by atoms with Gasteiger partial charge in [0.1, 0.15) is 16.3 Å². The normalized spacial score (nSPS) is 11.7. The maximum atomic E-state index is 12.6. The number of rotatable bonds is 6. The van der Waals surface area contributed by atoms with Gasteiger partial charge in [-0.15, -0.1) is 11.3 Å². The van der Waals surface area contributed by atoms with E-state index >= 15 is 0 Å². The number of halogens is 3. The van der Waals surface area contributed by atoms with Crippen LogP contribution in [0.1, 0.15) is 17.5 Å². The molecule has 0 aliphatic carbocycles. The molecule has 148 valence electrons. The van der Waals surface area contributed by atoms with Gasteiger partial charge in [-0.2, -0.15) is 13.2 Å². The third kappa shape index (κ3) is 4.54. The number of pyridine rings is 1. The van der Waals surface area contributed by atoms with Gasteiger partial charge in [0.05, 0.1) is 10.9 Å². The molecule has 4 aromatic rings. The number of nitrogens with zero attached hydrogens (tertiary/aromatic N) is 3. The molecule has 4 rings (SSSR count). The molecule has 0 amide bonds. The summed E-state index contributed by atoms with van der Waals surface area (Å²) in [6.45, 7) is 0.643. The molecule has 0 fully saturated rings. The first-order chi connectivity index (χ1) is 14.0. The van der Waals surface area contributed by atoms with Crippen molar-refractivity contribution in [2.24, 2.45) is 0 Å². The number of nitrogens with one attached hydrogen (secondary N) is 1. The van der Waals surface area contributed by atoms with Gasteiger partial charge in [-0.05, 0) is 54.1 Å². The van der Waals surface area contributed by atoms with Crippen molar-refractivity contribution in [1.82, 2.24) is 15.0 Å². The molecule has 3 aromatic heterocycles. The Bertz CT molecular complexity index is 1090. The van der Waals surface area contributed by atoms with Gasteiger partial charge in [0.2, 0.25) is 0 Å². The fourth-order valence-electron chi connectivity index (χ4n) is 2.96. The molecule has 0 unspecified atom stereocenters. The van der Waals surface area contributed by atoms with Crippen molar-refractivity contribution in [3.8, 4) is 11.5 Å². The largest absolute Gasteiger partial charge is 0.416 e. The van der Waals surface area contributed by atoms with E-state index in [0.29, 0.717) is 24.5 Å². The third-order valence-corrected chi connectivity index (χ3v) is 5.24. The highest BCUT2D eigenvalue weighted by molar-refractivity contribution is 7.16. The van der Waals surface area contributed by atoms with Gasteiger partial charge in [0.15, 0.2) is 5.82 Å². The molecule has 8 heteroatoms. The summed E-state index contributed by atoms with van der Waals surface area (Å²) in [4.78, 5) is 14.4. The van der Waals surface area contributed by atoms with Crippen molar-refractivity contribution in [2.75, 3.05) is 11.9 Å². The molecule has 0 bridgehead atoms. The minimum atomic E-state index is -4.30. The lowest BCUT2D eigenvalue weighted by Gasteiger charge is -2.10. The molecule has 3 heterocycles. The van der Waals surface area contributed by atoms with Crippen LogP contribution in [0.3, 0.4) is 0 Å². The van der Waals surface area contributed by atoms with Crippen molar-refractivity contribution < 1.29 is 13.2 Å². The topological polar surface area (TPSA) is 50.7 Å². The van der Waals surface area contributed by atoms with E-state index in [9.17, 15) is 13.2 Å². The van der Waals surface area contributed by atoms with Crippen LogP contribution in [-0.2, 0) is 12.6 Å². The summed E-state index contributed by atoms with van der Waals surface area (Å²) < 4.78 is 37.9. The van der Waals surface area contributed by atoms with E-state index < -0.39 is 11.7 Å². The SMILES string of the molecule is FC(F)(F)c1ccc(CCCNc2nc(-c3ccccn3)nc3sccc23)cc1. The second-order valence-electron chi connectivity index (χ2n) is 6.48. The molecule has 1 N–H and O–H groups in total. The fraction of sp³-hybridized carbons (Fsp3) is 0.190. The van der Waals surface area contributed by atoms with Crippen molar-refractivity contribution in [2.45, 2.75) is 19.0 Å². The minimum absolute atomic E-state index is 0.561. The maximum Gasteiger partial charge on any atom is 0.416 e. The number of alkyl halides is 3. The monoisotopic (exact) mass is 414 g/mol. The molecule has 0 aliphatic heterocycles. The molecule has 0 aliphatic rings. The Morgan fingerprint density at radius 3 is 2.52 bits per heavy atom. The fourth-order valence-corrected chi connectivity index (χ4v) is 3.72. The summed E-state index contributed by atoms with van der Waals surface area (Å²) in [5.74, 6) is 1.30. The van der Waals surface area contributed by atoms with E-state index in [0.717, 1.165) is 40.2 Å². The number of aryl methyl sites for hydroxylation is 1. The zero-order chi connectivity index (χ0) is 20.3. The van der Waals surface area contributed by atoms with Crippen molar-refractivity contribution in [3.05, 3.63) is 71.2 Å². The van der Waals surface area contributed by atoms with Crippen LogP contribution in [0.4, 0.5) is 19.0 Å². The zero-order valence-electron chi connectivity index (χ0n) is 15.3. The molecular weight excluding hydrogens is 397 g/mol. The van der Waals surface area contributed by atoms with Crippen LogP contribution in [0.2, 0.25) is 0 Å². The Labute approximate surface area is 169 Å². The van der Waals surface area contributed by atoms with Gasteiger partial charge in [0.25, 0.3) is 0 Å². The molecule has 1 aromatic carbocycles. The van der Waals surface area contributed by atoms with E-state index in [1.54, 1.807) is 6.20 Å². The smallest absolute Gasteiger partial charge is 0.369 e. The molecule has 0 saturated carbocycles. The van der Waals surface area contributed by atoms with Crippen LogP contribution in [0.25, 0.3) is 21.7 Å². The third-order valence-electron chi connectivity index (χ3n) is 4.43. The number of anilines is 1. The summed E-state index contributed by atoms with van der Waals surface area (Å²) in [6, 6.07) is 12.9. The average molecular weight is 414 g/mol. The lowest BCUT2D eigenvalue weighted by molar-refractivity contribution is -0.137. The molecule has 4 nitrogen and oxygen atoms in total. The Morgan fingerprint density at radius 2 is 1.79 bits per heavy atom. The van der Waals surface area contributed by atoms with E-state index in [2.05, 4.69) is 20.3 Å². The van der Waals surface area contributed by atoms with Gasteiger partial charge < -0.3 is 5.32 Å². The Hall–Kier alpha value is -3.00. The number of benzene rings is 1. The summed E-state index contributed by atoms with van der Waals surface area (Å²) in [6.07, 6.45) is -1.16. The first-order valence-corrected chi connectivity index (χ1v) is 9.95. The Kier molecular flexibility index (Phi) is 5.44. The van der Waals surface area contributed by atoms with Crippen LogP contribution in [-0.4, -0.2) is 21.5 Å². The van der Waals surface area contributed by atoms with E-state index in [1.807, 2.05) is 29.6 Å². The molecule has 0 spiro atoms. The lowest BCUT2D eigenvalue weighted by Crippen LogP contribution is -2.07. The van der Waals surface area contributed by atoms with Crippen LogP contribution in [0.5, 0.6) is 0 Å². The number of thiophene rings is 1. The Balaban J connectivity index is 1.43. The molecule has 29 heavy (non-hydrogen) atoms. The quantitative estimate of drug-likeness (QED) is 0.404. The van der Waals surface area contributed by atoms with Crippen LogP contribution in [0.15, 0.2) is 60.1 Å². The maximum absolute atomic E-state index is 12.6.